The van der Waals surface area contributed by atoms with Crippen LogP contribution in [0.5, 0.6) is 0 Å². The van der Waals surface area contributed by atoms with E-state index in [1.165, 1.54) is 11.5 Å². The summed E-state index contributed by atoms with van der Waals surface area (Å²) < 4.78 is 3.98. The van der Waals surface area contributed by atoms with Crippen LogP contribution in [0.15, 0.2) is 0 Å². The highest BCUT2D eigenvalue weighted by molar-refractivity contribution is 7.09. The Morgan fingerprint density at radius 3 is 2.46 bits per heavy atom. The molecule has 2 atom stereocenters. The van der Waals surface area contributed by atoms with Gasteiger partial charge in [-0.25, -0.2) is 0 Å². The van der Waals surface area contributed by atoms with Gasteiger partial charge in [0.05, 0.1) is 0 Å². The van der Waals surface area contributed by atoms with Gasteiger partial charge in [0.1, 0.15) is 0 Å². The molecule has 0 aliphatic carbocycles. The first-order chi connectivity index (χ1) is 6.16. The molecule has 1 aliphatic heterocycles. The maximum Gasteiger partial charge on any atom is 0.233 e. The lowest BCUT2D eigenvalue weighted by atomic mass is 10.0. The summed E-state index contributed by atoms with van der Waals surface area (Å²) in [5, 5.41) is 0.966. The van der Waals surface area contributed by atoms with Crippen molar-refractivity contribution < 1.29 is 0 Å². The largest absolute Gasteiger partial charge is 0.367 e. The zero-order valence-corrected chi connectivity index (χ0v) is 8.71. The summed E-state index contributed by atoms with van der Waals surface area (Å²) in [7, 11) is 0. The van der Waals surface area contributed by atoms with Gasteiger partial charge in [-0.3, -0.25) is 0 Å². The van der Waals surface area contributed by atoms with Gasteiger partial charge in [0, 0.05) is 24.6 Å². The van der Waals surface area contributed by atoms with Gasteiger partial charge in [0.2, 0.25) is 11.1 Å². The van der Waals surface area contributed by atoms with Gasteiger partial charge in [-0.2, -0.15) is 9.36 Å². The van der Waals surface area contributed by atoms with Crippen LogP contribution in [0.4, 0.5) is 11.1 Å². The van der Waals surface area contributed by atoms with Gasteiger partial charge < -0.3 is 10.6 Å². The molecule has 2 rings (SSSR count). The first-order valence-corrected chi connectivity index (χ1v) is 5.28. The van der Waals surface area contributed by atoms with Crippen molar-refractivity contribution in [2.75, 3.05) is 23.7 Å². The molecular formula is C8H14N4S. The smallest absolute Gasteiger partial charge is 0.233 e. The minimum Gasteiger partial charge on any atom is -0.367 e. The average Bonchev–Trinajstić information content (AvgIpc) is 2.61. The van der Waals surface area contributed by atoms with Crippen LogP contribution in [0.25, 0.3) is 0 Å². The van der Waals surface area contributed by atoms with Crippen LogP contribution in [0.3, 0.4) is 0 Å². The summed E-state index contributed by atoms with van der Waals surface area (Å²) in [6.45, 7) is 6.70. The second-order valence-electron chi connectivity index (χ2n) is 3.79. The molecule has 1 aliphatic rings. The van der Waals surface area contributed by atoms with Gasteiger partial charge in [0.15, 0.2) is 0 Å². The molecule has 0 aromatic carbocycles. The number of hydrogen-bond donors (Lipinski definition) is 1. The second kappa shape index (κ2) is 3.14. The van der Waals surface area contributed by atoms with E-state index in [2.05, 4.69) is 28.1 Å². The first-order valence-electron chi connectivity index (χ1n) is 4.51. The Hall–Kier alpha value is -0.840. The number of hydrogen-bond acceptors (Lipinski definition) is 5. The van der Waals surface area contributed by atoms with Gasteiger partial charge >= 0.3 is 0 Å². The molecule has 2 heterocycles. The van der Waals surface area contributed by atoms with Gasteiger partial charge in [0.25, 0.3) is 0 Å². The van der Waals surface area contributed by atoms with Crippen LogP contribution in [0, 0.1) is 11.8 Å². The van der Waals surface area contributed by atoms with E-state index < -0.39 is 0 Å². The van der Waals surface area contributed by atoms with E-state index in [0.717, 1.165) is 30.1 Å². The number of anilines is 2. The van der Waals surface area contributed by atoms with Gasteiger partial charge in [-0.05, 0) is 11.8 Å². The normalized spacial score (nSPS) is 28.3. The SMILES string of the molecule is CC1CN(c2nc(N)ns2)CC1C. The molecule has 2 unspecified atom stereocenters. The summed E-state index contributed by atoms with van der Waals surface area (Å²) in [5.74, 6) is 1.88. The predicted octanol–water partition coefficient (Wildman–Crippen LogP) is 1.21. The molecule has 0 amide bonds. The molecular weight excluding hydrogens is 184 g/mol. The highest BCUT2D eigenvalue weighted by Gasteiger charge is 2.27. The lowest BCUT2D eigenvalue weighted by Gasteiger charge is -2.12. The van der Waals surface area contributed by atoms with Crippen LogP contribution in [0.2, 0.25) is 0 Å². The van der Waals surface area contributed by atoms with E-state index in [0.29, 0.717) is 5.95 Å². The number of nitrogen functional groups attached to an aromatic ring is 1. The van der Waals surface area contributed by atoms with Gasteiger partial charge in [-0.1, -0.05) is 13.8 Å². The lowest BCUT2D eigenvalue weighted by Crippen LogP contribution is -2.19. The van der Waals surface area contributed by atoms with E-state index in [1.807, 2.05) is 0 Å². The molecule has 0 radical (unpaired) electrons. The quantitative estimate of drug-likeness (QED) is 0.737. The summed E-state index contributed by atoms with van der Waals surface area (Å²) in [6, 6.07) is 0. The minimum atomic E-state index is 0.396. The molecule has 2 N–H and O–H groups in total. The Balaban J connectivity index is 2.11. The predicted molar refractivity (Wildman–Crippen MR) is 54.9 cm³/mol. The fraction of sp³-hybridized carbons (Fsp3) is 0.750. The van der Waals surface area contributed by atoms with Crippen molar-refractivity contribution in [3.05, 3.63) is 0 Å². The molecule has 1 saturated heterocycles. The highest BCUT2D eigenvalue weighted by atomic mass is 32.1. The second-order valence-corrected chi connectivity index (χ2v) is 4.52. The summed E-state index contributed by atoms with van der Waals surface area (Å²) in [5.41, 5.74) is 5.48. The van der Waals surface area contributed by atoms with E-state index in [-0.39, 0.29) is 0 Å². The maximum absolute atomic E-state index is 5.48. The first kappa shape index (κ1) is 8.74. The third-order valence-corrected chi connectivity index (χ3v) is 3.48. The maximum atomic E-state index is 5.48. The fourth-order valence-electron chi connectivity index (χ4n) is 1.64. The molecule has 4 nitrogen and oxygen atoms in total. The lowest BCUT2D eigenvalue weighted by molar-refractivity contribution is 0.494. The van der Waals surface area contributed by atoms with Gasteiger partial charge in [-0.15, -0.1) is 0 Å². The number of nitrogens with two attached hydrogens (primary N) is 1. The molecule has 1 aromatic rings. The standard InChI is InChI=1S/C8H14N4S/c1-5-3-12(4-6(5)2)8-10-7(9)11-13-8/h5-6H,3-4H2,1-2H3,(H2,9,11). The molecule has 0 spiro atoms. The third-order valence-electron chi connectivity index (χ3n) is 2.69. The van der Waals surface area contributed by atoms with Crippen molar-refractivity contribution in [1.29, 1.82) is 0 Å². The average molecular weight is 198 g/mol. The Bertz CT molecular complexity index is 288. The van der Waals surface area contributed by atoms with Crippen molar-refractivity contribution in [1.82, 2.24) is 9.36 Å². The number of nitrogens with zero attached hydrogens (tertiary/aromatic N) is 3. The third kappa shape index (κ3) is 1.60. The minimum absolute atomic E-state index is 0.396. The highest BCUT2D eigenvalue weighted by Crippen LogP contribution is 2.28. The van der Waals surface area contributed by atoms with Crippen molar-refractivity contribution in [2.45, 2.75) is 13.8 Å². The summed E-state index contributed by atoms with van der Waals surface area (Å²) in [4.78, 5) is 6.44. The monoisotopic (exact) mass is 198 g/mol. The van der Waals surface area contributed by atoms with Crippen LogP contribution < -0.4 is 10.6 Å². The van der Waals surface area contributed by atoms with Crippen molar-refractivity contribution in [2.24, 2.45) is 11.8 Å². The van der Waals surface area contributed by atoms with Crippen LogP contribution in [-0.2, 0) is 0 Å². The Kier molecular flexibility index (Phi) is 2.11. The number of rotatable bonds is 1. The molecule has 13 heavy (non-hydrogen) atoms. The fourth-order valence-corrected chi connectivity index (χ4v) is 2.26. The molecule has 5 heteroatoms. The molecule has 72 valence electrons. The molecule has 1 fully saturated rings. The Morgan fingerprint density at radius 1 is 1.38 bits per heavy atom. The van der Waals surface area contributed by atoms with Crippen molar-refractivity contribution in [3.63, 3.8) is 0 Å². The van der Waals surface area contributed by atoms with Crippen molar-refractivity contribution >= 4 is 22.6 Å². The molecule has 1 aromatic heterocycles. The van der Waals surface area contributed by atoms with Crippen LogP contribution >= 0.6 is 11.5 Å². The Morgan fingerprint density at radius 2 is 2.00 bits per heavy atom. The number of aromatic nitrogens is 2. The zero-order chi connectivity index (χ0) is 9.42. The summed E-state index contributed by atoms with van der Waals surface area (Å²) >= 11 is 1.39. The topological polar surface area (TPSA) is 55.0 Å². The zero-order valence-electron chi connectivity index (χ0n) is 7.90. The van der Waals surface area contributed by atoms with E-state index in [9.17, 15) is 0 Å². The van der Waals surface area contributed by atoms with E-state index in [1.54, 1.807) is 0 Å². The molecule has 0 saturated carbocycles. The summed E-state index contributed by atoms with van der Waals surface area (Å²) in [6.07, 6.45) is 0. The van der Waals surface area contributed by atoms with E-state index >= 15 is 0 Å². The Labute approximate surface area is 81.9 Å². The van der Waals surface area contributed by atoms with E-state index in [4.69, 9.17) is 5.73 Å². The van der Waals surface area contributed by atoms with Crippen LogP contribution in [-0.4, -0.2) is 22.4 Å². The molecule has 0 bridgehead atoms. The van der Waals surface area contributed by atoms with Crippen LogP contribution in [0.1, 0.15) is 13.8 Å². The van der Waals surface area contributed by atoms with Crippen molar-refractivity contribution in [3.8, 4) is 0 Å².